The monoisotopic (exact) mass is 414 g/mol. The van der Waals surface area contributed by atoms with Crippen LogP contribution in [-0.4, -0.2) is 23.5 Å². The molecule has 1 heterocycles. The largest absolute Gasteiger partial charge is 0.456 e. The highest BCUT2D eigenvalue weighted by Crippen LogP contribution is 2.29. The van der Waals surface area contributed by atoms with Crippen LogP contribution in [0.3, 0.4) is 0 Å². The first-order chi connectivity index (χ1) is 13.6. The number of benzene rings is 2. The van der Waals surface area contributed by atoms with Crippen molar-refractivity contribution in [1.29, 1.82) is 0 Å². The fourth-order valence-electron chi connectivity index (χ4n) is 2.49. The number of anilines is 1. The van der Waals surface area contributed by atoms with Crippen LogP contribution in [-0.2, 0) is 20.9 Å². The second kappa shape index (κ2) is 9.48. The van der Waals surface area contributed by atoms with Crippen molar-refractivity contribution < 1.29 is 14.3 Å². The Bertz CT molecular complexity index is 942. The number of aromatic nitrogens is 1. The fraction of sp³-hybridized carbons (Fsp3) is 0.190. The summed E-state index contributed by atoms with van der Waals surface area (Å²) in [5, 5.41) is 3.09. The van der Waals surface area contributed by atoms with E-state index in [0.29, 0.717) is 16.7 Å². The van der Waals surface area contributed by atoms with Gasteiger partial charge in [0.15, 0.2) is 11.7 Å². The molecular weight excluding hydrogens is 396 g/mol. The van der Waals surface area contributed by atoms with Gasteiger partial charge in [0.25, 0.3) is 5.91 Å². The van der Waals surface area contributed by atoms with E-state index >= 15 is 0 Å². The summed E-state index contributed by atoms with van der Waals surface area (Å²) in [6, 6.07) is 17.0. The minimum absolute atomic E-state index is 0.226. The molecule has 144 valence electrons. The Morgan fingerprint density at radius 3 is 2.50 bits per heavy atom. The molecule has 0 atom stereocenters. The van der Waals surface area contributed by atoms with Crippen LogP contribution in [0.25, 0.3) is 11.3 Å². The van der Waals surface area contributed by atoms with Crippen LogP contribution in [0.2, 0.25) is 5.02 Å². The lowest BCUT2D eigenvalue weighted by Gasteiger charge is -2.20. The van der Waals surface area contributed by atoms with Gasteiger partial charge < -0.3 is 4.74 Å². The molecule has 0 aliphatic carbocycles. The predicted molar refractivity (Wildman–Crippen MR) is 111 cm³/mol. The summed E-state index contributed by atoms with van der Waals surface area (Å²) in [7, 11) is 0. The molecule has 3 rings (SSSR count). The smallest absolute Gasteiger partial charge is 0.306 e. The van der Waals surface area contributed by atoms with Gasteiger partial charge in [-0.15, -0.1) is 11.3 Å². The standard InChI is InChI=1S/C21H19ClN2O3S/c1-2-20(26)27-13-19(25)24(12-15-6-4-3-5-7-15)21-23-18(14-28-21)16-8-10-17(22)11-9-16/h3-11,14H,2,12-13H2,1H3. The maximum absolute atomic E-state index is 12.8. The Morgan fingerprint density at radius 1 is 1.11 bits per heavy atom. The maximum atomic E-state index is 12.8. The van der Waals surface area contributed by atoms with E-state index in [1.807, 2.05) is 47.8 Å². The second-order valence-corrected chi connectivity index (χ2v) is 7.27. The number of esters is 1. The summed E-state index contributed by atoms with van der Waals surface area (Å²) in [4.78, 5) is 30.3. The molecule has 0 saturated heterocycles. The Labute approximate surface area is 172 Å². The molecule has 0 spiro atoms. The molecule has 1 aromatic heterocycles. The van der Waals surface area contributed by atoms with Gasteiger partial charge in [0.1, 0.15) is 0 Å². The molecule has 5 nitrogen and oxygen atoms in total. The second-order valence-electron chi connectivity index (χ2n) is 6.00. The van der Waals surface area contributed by atoms with Crippen LogP contribution in [0.15, 0.2) is 60.0 Å². The Balaban J connectivity index is 1.84. The van der Waals surface area contributed by atoms with Crippen LogP contribution in [0.4, 0.5) is 5.13 Å². The lowest BCUT2D eigenvalue weighted by Crippen LogP contribution is -2.34. The number of carbonyl (C=O) groups is 2. The third kappa shape index (κ3) is 5.18. The van der Waals surface area contributed by atoms with Crippen molar-refractivity contribution in [2.75, 3.05) is 11.5 Å². The van der Waals surface area contributed by atoms with Crippen molar-refractivity contribution >= 4 is 39.9 Å². The van der Waals surface area contributed by atoms with Crippen LogP contribution in [0.1, 0.15) is 18.9 Å². The van der Waals surface area contributed by atoms with E-state index in [-0.39, 0.29) is 18.9 Å². The van der Waals surface area contributed by atoms with Gasteiger partial charge in [0, 0.05) is 22.4 Å². The van der Waals surface area contributed by atoms with E-state index in [2.05, 4.69) is 4.98 Å². The SMILES string of the molecule is CCC(=O)OCC(=O)N(Cc1ccccc1)c1nc(-c2ccc(Cl)cc2)cs1. The van der Waals surface area contributed by atoms with Gasteiger partial charge in [-0.3, -0.25) is 14.5 Å². The predicted octanol–water partition coefficient (Wildman–Crippen LogP) is 4.95. The lowest BCUT2D eigenvalue weighted by molar-refractivity contribution is -0.147. The molecule has 0 aliphatic heterocycles. The van der Waals surface area contributed by atoms with Gasteiger partial charge in [0.2, 0.25) is 0 Å². The first-order valence-corrected chi connectivity index (χ1v) is 10.0. The molecular formula is C21H19ClN2O3S. The molecule has 2 aromatic carbocycles. The molecule has 28 heavy (non-hydrogen) atoms. The third-order valence-electron chi connectivity index (χ3n) is 3.99. The summed E-state index contributed by atoms with van der Waals surface area (Å²) in [6.07, 6.45) is 0.226. The van der Waals surface area contributed by atoms with Crippen molar-refractivity contribution in [3.05, 3.63) is 70.6 Å². The first kappa shape index (κ1) is 20.0. The van der Waals surface area contributed by atoms with Gasteiger partial charge in [-0.25, -0.2) is 4.98 Å². The van der Waals surface area contributed by atoms with Crippen LogP contribution < -0.4 is 4.90 Å². The molecule has 0 radical (unpaired) electrons. The summed E-state index contributed by atoms with van der Waals surface area (Å²) >= 11 is 7.31. The van der Waals surface area contributed by atoms with Crippen molar-refractivity contribution in [2.24, 2.45) is 0 Å². The van der Waals surface area contributed by atoms with Crippen LogP contribution in [0, 0.1) is 0 Å². The molecule has 0 fully saturated rings. The van der Waals surface area contributed by atoms with Crippen molar-refractivity contribution in [3.63, 3.8) is 0 Å². The highest BCUT2D eigenvalue weighted by atomic mass is 35.5. The molecule has 0 aliphatic rings. The quantitative estimate of drug-likeness (QED) is 0.513. The summed E-state index contributed by atoms with van der Waals surface area (Å²) in [6.45, 7) is 1.72. The molecule has 1 amide bonds. The molecule has 0 saturated carbocycles. The molecule has 0 N–H and O–H groups in total. The highest BCUT2D eigenvalue weighted by molar-refractivity contribution is 7.14. The normalized spacial score (nSPS) is 10.5. The minimum Gasteiger partial charge on any atom is -0.456 e. The zero-order chi connectivity index (χ0) is 19.9. The number of halogens is 1. The lowest BCUT2D eigenvalue weighted by atomic mass is 10.2. The summed E-state index contributed by atoms with van der Waals surface area (Å²) in [5.41, 5.74) is 2.63. The van der Waals surface area contributed by atoms with Crippen molar-refractivity contribution in [3.8, 4) is 11.3 Å². The van der Waals surface area contributed by atoms with E-state index < -0.39 is 5.97 Å². The number of ether oxygens (including phenoxy) is 1. The summed E-state index contributed by atoms with van der Waals surface area (Å²) in [5.74, 6) is -0.725. The van der Waals surface area contributed by atoms with Gasteiger partial charge in [-0.1, -0.05) is 61.0 Å². The average Bonchev–Trinajstić information content (AvgIpc) is 3.21. The number of nitrogens with zero attached hydrogens (tertiary/aromatic N) is 2. The first-order valence-electron chi connectivity index (χ1n) is 8.78. The van der Waals surface area contributed by atoms with E-state index in [0.717, 1.165) is 16.8 Å². The van der Waals surface area contributed by atoms with Crippen molar-refractivity contribution in [1.82, 2.24) is 4.98 Å². The van der Waals surface area contributed by atoms with Gasteiger partial charge >= 0.3 is 5.97 Å². The molecule has 0 bridgehead atoms. The maximum Gasteiger partial charge on any atom is 0.306 e. The average molecular weight is 415 g/mol. The number of amides is 1. The molecule has 7 heteroatoms. The Kier molecular flexibility index (Phi) is 6.79. The zero-order valence-corrected chi connectivity index (χ0v) is 16.9. The molecule has 0 unspecified atom stereocenters. The van der Waals surface area contributed by atoms with Gasteiger partial charge in [-0.05, 0) is 17.7 Å². The van der Waals surface area contributed by atoms with Gasteiger partial charge in [0.05, 0.1) is 12.2 Å². The Hall–Kier alpha value is -2.70. The van der Waals surface area contributed by atoms with Crippen molar-refractivity contribution in [2.45, 2.75) is 19.9 Å². The van der Waals surface area contributed by atoms with Crippen LogP contribution >= 0.6 is 22.9 Å². The number of hydrogen-bond acceptors (Lipinski definition) is 5. The minimum atomic E-state index is -0.408. The van der Waals surface area contributed by atoms with E-state index in [9.17, 15) is 9.59 Å². The third-order valence-corrected chi connectivity index (χ3v) is 5.11. The summed E-state index contributed by atoms with van der Waals surface area (Å²) < 4.78 is 5.03. The highest BCUT2D eigenvalue weighted by Gasteiger charge is 2.21. The van der Waals surface area contributed by atoms with E-state index in [4.69, 9.17) is 16.3 Å². The number of thiazole rings is 1. The van der Waals surface area contributed by atoms with Gasteiger partial charge in [-0.2, -0.15) is 0 Å². The van der Waals surface area contributed by atoms with Crippen LogP contribution in [0.5, 0.6) is 0 Å². The molecule has 3 aromatic rings. The topological polar surface area (TPSA) is 59.5 Å². The number of hydrogen-bond donors (Lipinski definition) is 0. The zero-order valence-electron chi connectivity index (χ0n) is 15.3. The number of carbonyl (C=O) groups excluding carboxylic acids is 2. The fourth-order valence-corrected chi connectivity index (χ4v) is 3.47. The van der Waals surface area contributed by atoms with E-state index in [1.165, 1.54) is 11.3 Å². The van der Waals surface area contributed by atoms with E-state index in [1.54, 1.807) is 24.0 Å². The Morgan fingerprint density at radius 2 is 1.82 bits per heavy atom. The number of rotatable bonds is 7.